The summed E-state index contributed by atoms with van der Waals surface area (Å²) in [6, 6.07) is 7.50. The van der Waals surface area contributed by atoms with Crippen LogP contribution in [0, 0.1) is 10.1 Å². The molecule has 1 aromatic heterocycles. The van der Waals surface area contributed by atoms with Crippen LogP contribution < -0.4 is 0 Å². The summed E-state index contributed by atoms with van der Waals surface area (Å²) in [5.41, 5.74) is 1.92. The van der Waals surface area contributed by atoms with Crippen LogP contribution in [0.15, 0.2) is 46.4 Å². The molecule has 3 atom stereocenters. The highest BCUT2D eigenvalue weighted by Crippen LogP contribution is 2.58. The van der Waals surface area contributed by atoms with Gasteiger partial charge in [0.25, 0.3) is 11.6 Å². The van der Waals surface area contributed by atoms with E-state index in [1.165, 1.54) is 47.9 Å². The van der Waals surface area contributed by atoms with Crippen molar-refractivity contribution < 1.29 is 28.8 Å². The molecule has 214 valence electrons. The molecule has 16 heteroatoms. The molecule has 6 rings (SSSR count). The van der Waals surface area contributed by atoms with E-state index in [1.54, 1.807) is 17.2 Å². The molecular formula is C25H23BrN6O7S2. The number of rotatable bonds is 7. The minimum Gasteiger partial charge on any atom is -0.456 e. The van der Waals surface area contributed by atoms with E-state index < -0.39 is 38.6 Å². The number of nitro groups is 1. The van der Waals surface area contributed by atoms with Gasteiger partial charge >= 0.3 is 11.9 Å². The zero-order valence-electron chi connectivity index (χ0n) is 21.6. The van der Waals surface area contributed by atoms with Gasteiger partial charge in [-0.25, -0.2) is 4.79 Å². The Bertz CT molecular complexity index is 1510. The van der Waals surface area contributed by atoms with Gasteiger partial charge in [0.1, 0.15) is 23.4 Å². The van der Waals surface area contributed by atoms with Gasteiger partial charge in [-0.1, -0.05) is 27.7 Å². The lowest BCUT2D eigenvalue weighted by Crippen LogP contribution is -2.70. The fourth-order valence-electron chi connectivity index (χ4n) is 5.05. The van der Waals surface area contributed by atoms with Crippen LogP contribution in [0.5, 0.6) is 0 Å². The maximum absolute atomic E-state index is 13.6. The van der Waals surface area contributed by atoms with Crippen LogP contribution in [0.25, 0.3) is 0 Å². The molecule has 41 heavy (non-hydrogen) atoms. The van der Waals surface area contributed by atoms with Crippen LogP contribution in [0.2, 0.25) is 0 Å². The number of nitro benzene ring substituents is 1. The van der Waals surface area contributed by atoms with Gasteiger partial charge in [0.05, 0.1) is 30.3 Å². The van der Waals surface area contributed by atoms with Crippen molar-refractivity contribution >= 4 is 68.2 Å². The third kappa shape index (κ3) is 4.91. The number of aliphatic imine (C=N–C) groups is 1. The maximum Gasteiger partial charge on any atom is 0.355 e. The number of halogens is 1. The predicted molar refractivity (Wildman–Crippen MR) is 153 cm³/mol. The van der Waals surface area contributed by atoms with E-state index in [2.05, 4.69) is 25.8 Å². The highest BCUT2D eigenvalue weighted by molar-refractivity contribution is 9.10. The van der Waals surface area contributed by atoms with Crippen LogP contribution in [0.3, 0.4) is 0 Å². The van der Waals surface area contributed by atoms with Gasteiger partial charge in [0, 0.05) is 36.8 Å². The normalized spacial score (nSPS) is 23.7. The fourth-order valence-corrected chi connectivity index (χ4v) is 8.20. The zero-order chi connectivity index (χ0) is 28.9. The topological polar surface area (TPSA) is 149 Å². The molecule has 5 heterocycles. The molecule has 4 aliphatic rings. The van der Waals surface area contributed by atoms with E-state index in [4.69, 9.17) is 14.6 Å². The summed E-state index contributed by atoms with van der Waals surface area (Å²) in [5, 5.41) is 17.5. The van der Waals surface area contributed by atoms with Crippen LogP contribution in [-0.2, 0) is 43.6 Å². The fraction of sp³-hybridized carbons (Fsp3) is 0.400. The second-order valence-corrected chi connectivity index (χ2v) is 13.0. The first kappa shape index (κ1) is 27.8. The second-order valence-electron chi connectivity index (χ2n) is 9.64. The number of amidine groups is 1. The molecule has 1 amide bonds. The number of esters is 2. The minimum atomic E-state index is -1.35. The Balaban J connectivity index is 1.17. The van der Waals surface area contributed by atoms with Gasteiger partial charge < -0.3 is 14.4 Å². The number of amides is 1. The summed E-state index contributed by atoms with van der Waals surface area (Å²) in [6.07, 6.45) is -1.03. The van der Waals surface area contributed by atoms with Gasteiger partial charge in [-0.15, -0.1) is 11.8 Å². The molecule has 0 N–H and O–H groups in total. The van der Waals surface area contributed by atoms with E-state index in [-0.39, 0.29) is 18.0 Å². The number of fused-ring (bicyclic) bond motifs is 2. The second kappa shape index (κ2) is 10.8. The van der Waals surface area contributed by atoms with Gasteiger partial charge in [-0.2, -0.15) is 5.10 Å². The van der Waals surface area contributed by atoms with Crippen LogP contribution in [0.1, 0.15) is 30.0 Å². The molecule has 1 saturated heterocycles. The molecule has 1 unspecified atom stereocenters. The largest absolute Gasteiger partial charge is 0.456 e. The van der Waals surface area contributed by atoms with Crippen molar-refractivity contribution in [2.45, 2.75) is 42.4 Å². The van der Waals surface area contributed by atoms with E-state index in [9.17, 15) is 24.5 Å². The average Bonchev–Trinajstić information content (AvgIpc) is 3.72. The number of ether oxygens (including phenoxy) is 2. The van der Waals surface area contributed by atoms with Crippen molar-refractivity contribution in [3.63, 3.8) is 0 Å². The third-order valence-corrected chi connectivity index (χ3v) is 10.7. The molecule has 1 aromatic carbocycles. The number of β-lactam (4-membered cyclic amide) rings is 1. The number of non-ortho nitro benzene ring substituents is 1. The van der Waals surface area contributed by atoms with E-state index in [0.717, 1.165) is 29.7 Å². The Labute approximate surface area is 250 Å². The van der Waals surface area contributed by atoms with Gasteiger partial charge in [-0.3, -0.25) is 34.3 Å². The highest BCUT2D eigenvalue weighted by Gasteiger charge is 2.69. The zero-order valence-corrected chi connectivity index (χ0v) is 24.8. The minimum absolute atomic E-state index is 0.0678. The van der Waals surface area contributed by atoms with E-state index in [1.807, 2.05) is 10.7 Å². The average molecular weight is 664 g/mol. The number of carbonyl (C=O) groups excluding carboxylic acids is 3. The molecule has 13 nitrogen and oxygen atoms in total. The van der Waals surface area contributed by atoms with E-state index in [0.29, 0.717) is 24.3 Å². The van der Waals surface area contributed by atoms with Crippen LogP contribution in [-0.4, -0.2) is 76.1 Å². The Hall–Kier alpha value is -3.37. The molecule has 4 aliphatic heterocycles. The van der Waals surface area contributed by atoms with Crippen molar-refractivity contribution in [3.05, 3.63) is 68.5 Å². The summed E-state index contributed by atoms with van der Waals surface area (Å²) in [6.45, 7) is 3.94. The SMILES string of the molecule is CC(=O)OC(c1cc2n(n1)CCN(C1=NCCS1)C2)[C@]1(Br)C(=O)N2C(C(=O)OCc3ccc([N+](=O)[O-])cc3)=CS[C@H]21. The molecule has 0 saturated carbocycles. The van der Waals surface area contributed by atoms with Gasteiger partial charge in [-0.05, 0) is 23.8 Å². The third-order valence-electron chi connectivity index (χ3n) is 7.03. The number of benzene rings is 1. The Morgan fingerprint density at radius 2 is 2.07 bits per heavy atom. The van der Waals surface area contributed by atoms with Crippen molar-refractivity contribution in [2.24, 2.45) is 4.99 Å². The number of alkyl halides is 1. The first-order valence-electron chi connectivity index (χ1n) is 12.6. The summed E-state index contributed by atoms with van der Waals surface area (Å²) in [4.78, 5) is 57.1. The van der Waals surface area contributed by atoms with Crippen molar-refractivity contribution in [2.75, 3.05) is 18.8 Å². The predicted octanol–water partition coefficient (Wildman–Crippen LogP) is 2.95. The smallest absolute Gasteiger partial charge is 0.355 e. The Kier molecular flexibility index (Phi) is 7.32. The lowest BCUT2D eigenvalue weighted by atomic mass is 9.88. The lowest BCUT2D eigenvalue weighted by Gasteiger charge is -2.51. The molecule has 0 radical (unpaired) electrons. The number of nitrogens with zero attached hydrogens (tertiary/aromatic N) is 6. The molecular weight excluding hydrogens is 640 g/mol. The highest BCUT2D eigenvalue weighted by atomic mass is 79.9. The van der Waals surface area contributed by atoms with Crippen LogP contribution in [0.4, 0.5) is 5.69 Å². The monoisotopic (exact) mass is 662 g/mol. The summed E-state index contributed by atoms with van der Waals surface area (Å²) >= 11 is 6.55. The molecule has 0 aliphatic carbocycles. The molecule has 0 spiro atoms. The van der Waals surface area contributed by atoms with Gasteiger partial charge in [0.15, 0.2) is 15.6 Å². The Morgan fingerprint density at radius 1 is 1.29 bits per heavy atom. The first-order valence-corrected chi connectivity index (χ1v) is 15.3. The quantitative estimate of drug-likeness (QED) is 0.142. The van der Waals surface area contributed by atoms with Crippen molar-refractivity contribution in [1.82, 2.24) is 19.6 Å². The summed E-state index contributed by atoms with van der Waals surface area (Å²) < 4.78 is 11.6. The summed E-state index contributed by atoms with van der Waals surface area (Å²) in [5.74, 6) is -0.768. The van der Waals surface area contributed by atoms with E-state index >= 15 is 0 Å². The number of aromatic nitrogens is 2. The molecule has 2 aromatic rings. The number of thioether (sulfide) groups is 2. The molecule has 0 bridgehead atoms. The van der Waals surface area contributed by atoms with Crippen molar-refractivity contribution in [3.8, 4) is 0 Å². The number of hydrogen-bond donors (Lipinski definition) is 0. The summed E-state index contributed by atoms with van der Waals surface area (Å²) in [7, 11) is 0. The lowest BCUT2D eigenvalue weighted by molar-refractivity contribution is -0.384. The first-order chi connectivity index (χ1) is 19.7. The molecule has 1 fully saturated rings. The maximum atomic E-state index is 13.6. The Morgan fingerprint density at radius 3 is 2.76 bits per heavy atom. The van der Waals surface area contributed by atoms with Gasteiger partial charge in [0.2, 0.25) is 0 Å². The number of hydrogen-bond acceptors (Lipinski definition) is 12. The van der Waals surface area contributed by atoms with Crippen molar-refractivity contribution in [1.29, 1.82) is 0 Å². The number of carbonyl (C=O) groups is 3. The van der Waals surface area contributed by atoms with Crippen LogP contribution >= 0.6 is 39.5 Å². The standard InChI is InChI=1S/C25H23BrN6O7S2/c1-14(33)39-20(18-10-17-11-29(7-8-30(17)28-18)24-27-6-9-40-24)25(26)22(35)31-19(13-41-23(25)31)21(34)38-12-15-2-4-16(5-3-15)32(36)37/h2-5,10,13,20,23H,6-9,11-12H2,1H3/t20?,23-,25-/m0/s1.